The van der Waals surface area contributed by atoms with E-state index in [-0.39, 0.29) is 5.82 Å². The molecule has 0 atom stereocenters. The maximum Gasteiger partial charge on any atom is 0.375 e. The van der Waals surface area contributed by atoms with Crippen molar-refractivity contribution in [2.75, 3.05) is 0 Å². The zero-order chi connectivity index (χ0) is 12.5. The van der Waals surface area contributed by atoms with Gasteiger partial charge in [-0.15, -0.1) is 10.2 Å². The molecule has 0 radical (unpaired) electrons. The molecule has 0 aliphatic heterocycles. The molecular formula is C12H8N4O2. The summed E-state index contributed by atoms with van der Waals surface area (Å²) in [4.78, 5) is 11.0. The van der Waals surface area contributed by atoms with Crippen LogP contribution in [0.3, 0.4) is 0 Å². The first-order valence-electron chi connectivity index (χ1n) is 5.27. The Morgan fingerprint density at radius 2 is 1.83 bits per heavy atom. The van der Waals surface area contributed by atoms with Gasteiger partial charge >= 0.3 is 5.97 Å². The normalized spacial score (nSPS) is 10.7. The number of aromatic nitrogens is 4. The molecule has 0 saturated heterocycles. The summed E-state index contributed by atoms with van der Waals surface area (Å²) in [5.74, 6) is -1.34. The summed E-state index contributed by atoms with van der Waals surface area (Å²) in [5.41, 5.74) is 1.99. The summed E-state index contributed by atoms with van der Waals surface area (Å²) in [6.07, 6.45) is 0. The summed E-state index contributed by atoms with van der Waals surface area (Å²) in [5, 5.41) is 20.5. The number of rotatable bonds is 2. The van der Waals surface area contributed by atoms with Crippen molar-refractivity contribution in [2.24, 2.45) is 0 Å². The monoisotopic (exact) mass is 240 g/mol. The Kier molecular flexibility index (Phi) is 2.26. The van der Waals surface area contributed by atoms with E-state index in [1.54, 1.807) is 12.1 Å². The topological polar surface area (TPSA) is 80.4 Å². The molecule has 88 valence electrons. The minimum atomic E-state index is -1.15. The van der Waals surface area contributed by atoms with E-state index in [9.17, 15) is 4.79 Å². The number of benzene rings is 1. The fraction of sp³-hybridized carbons (Fsp3) is 0. The molecule has 0 bridgehead atoms. The van der Waals surface area contributed by atoms with Crippen molar-refractivity contribution in [3.05, 3.63) is 48.3 Å². The first-order valence-corrected chi connectivity index (χ1v) is 5.27. The molecular weight excluding hydrogens is 232 g/mol. The second kappa shape index (κ2) is 3.92. The van der Waals surface area contributed by atoms with Gasteiger partial charge in [-0.2, -0.15) is 9.61 Å². The standard InChI is InChI=1S/C12H8N4O2/c17-12(18)11-14-13-10-7-6-9(15-16(10)11)8-4-2-1-3-5-8/h1-7H,(H,17,18). The largest absolute Gasteiger partial charge is 0.475 e. The number of carboxylic acids is 1. The Balaban J connectivity index is 2.21. The van der Waals surface area contributed by atoms with Gasteiger partial charge < -0.3 is 5.11 Å². The zero-order valence-corrected chi connectivity index (χ0v) is 9.19. The molecule has 1 aromatic carbocycles. The lowest BCUT2D eigenvalue weighted by atomic mass is 10.1. The molecule has 18 heavy (non-hydrogen) atoms. The molecule has 3 aromatic rings. The summed E-state index contributed by atoms with van der Waals surface area (Å²) < 4.78 is 1.23. The zero-order valence-electron chi connectivity index (χ0n) is 9.19. The number of fused-ring (bicyclic) bond motifs is 1. The molecule has 0 saturated carbocycles. The van der Waals surface area contributed by atoms with Gasteiger partial charge in [0.25, 0.3) is 5.82 Å². The van der Waals surface area contributed by atoms with Gasteiger partial charge in [-0.05, 0) is 12.1 Å². The van der Waals surface area contributed by atoms with Crippen LogP contribution in [0.25, 0.3) is 16.9 Å². The third-order valence-corrected chi connectivity index (χ3v) is 2.52. The molecule has 3 rings (SSSR count). The maximum absolute atomic E-state index is 11.0. The van der Waals surface area contributed by atoms with Crippen LogP contribution < -0.4 is 0 Å². The van der Waals surface area contributed by atoms with Crippen molar-refractivity contribution in [1.82, 2.24) is 19.8 Å². The van der Waals surface area contributed by atoms with Crippen molar-refractivity contribution >= 4 is 11.6 Å². The average molecular weight is 240 g/mol. The van der Waals surface area contributed by atoms with Crippen LogP contribution in [0.4, 0.5) is 0 Å². The summed E-state index contributed by atoms with van der Waals surface area (Å²) >= 11 is 0. The Bertz CT molecular complexity index is 721. The smallest absolute Gasteiger partial charge is 0.375 e. The summed E-state index contributed by atoms with van der Waals surface area (Å²) in [7, 11) is 0. The fourth-order valence-corrected chi connectivity index (χ4v) is 1.69. The minimum absolute atomic E-state index is 0.192. The number of carbonyl (C=O) groups is 1. The second-order valence-electron chi connectivity index (χ2n) is 3.68. The van der Waals surface area contributed by atoms with E-state index in [0.29, 0.717) is 11.3 Å². The first kappa shape index (κ1) is 10.4. The number of carboxylic acid groups (broad SMARTS) is 1. The van der Waals surface area contributed by atoms with Crippen LogP contribution in [0.15, 0.2) is 42.5 Å². The average Bonchev–Trinajstić information content (AvgIpc) is 2.82. The highest BCUT2D eigenvalue weighted by atomic mass is 16.4. The fourth-order valence-electron chi connectivity index (χ4n) is 1.69. The van der Waals surface area contributed by atoms with Gasteiger partial charge in [-0.25, -0.2) is 4.79 Å². The Morgan fingerprint density at radius 1 is 1.06 bits per heavy atom. The second-order valence-corrected chi connectivity index (χ2v) is 3.68. The highest BCUT2D eigenvalue weighted by Gasteiger charge is 2.14. The Hall–Kier alpha value is -2.76. The minimum Gasteiger partial charge on any atom is -0.475 e. The molecule has 0 spiro atoms. The van der Waals surface area contributed by atoms with Crippen LogP contribution in [0.1, 0.15) is 10.6 Å². The molecule has 6 heteroatoms. The van der Waals surface area contributed by atoms with Crippen molar-refractivity contribution in [3.8, 4) is 11.3 Å². The number of nitrogens with zero attached hydrogens (tertiary/aromatic N) is 4. The maximum atomic E-state index is 11.0. The molecule has 1 N–H and O–H groups in total. The van der Waals surface area contributed by atoms with Crippen LogP contribution in [0.2, 0.25) is 0 Å². The van der Waals surface area contributed by atoms with E-state index in [4.69, 9.17) is 5.11 Å². The molecule has 0 fully saturated rings. The van der Waals surface area contributed by atoms with E-state index in [1.165, 1.54) is 4.52 Å². The van der Waals surface area contributed by atoms with E-state index in [0.717, 1.165) is 5.56 Å². The number of hydrogen-bond acceptors (Lipinski definition) is 4. The van der Waals surface area contributed by atoms with E-state index < -0.39 is 5.97 Å². The van der Waals surface area contributed by atoms with Crippen LogP contribution in [-0.2, 0) is 0 Å². The van der Waals surface area contributed by atoms with Crippen LogP contribution in [0.5, 0.6) is 0 Å². The van der Waals surface area contributed by atoms with Gasteiger partial charge in [0.1, 0.15) is 0 Å². The predicted molar refractivity (Wildman–Crippen MR) is 63.2 cm³/mol. The molecule has 2 heterocycles. The molecule has 2 aromatic heterocycles. The van der Waals surface area contributed by atoms with Gasteiger partial charge in [0, 0.05) is 5.56 Å². The van der Waals surface area contributed by atoms with Crippen molar-refractivity contribution in [2.45, 2.75) is 0 Å². The van der Waals surface area contributed by atoms with Gasteiger partial charge in [-0.3, -0.25) is 0 Å². The molecule has 0 amide bonds. The van der Waals surface area contributed by atoms with Crippen molar-refractivity contribution < 1.29 is 9.90 Å². The van der Waals surface area contributed by atoms with E-state index in [1.807, 2.05) is 30.3 Å². The van der Waals surface area contributed by atoms with Crippen LogP contribution in [-0.4, -0.2) is 30.9 Å². The van der Waals surface area contributed by atoms with Gasteiger partial charge in [-0.1, -0.05) is 30.3 Å². The third kappa shape index (κ3) is 1.60. The third-order valence-electron chi connectivity index (χ3n) is 2.52. The lowest BCUT2D eigenvalue weighted by Gasteiger charge is -2.01. The molecule has 6 nitrogen and oxygen atoms in total. The quantitative estimate of drug-likeness (QED) is 0.734. The van der Waals surface area contributed by atoms with Gasteiger partial charge in [0.2, 0.25) is 0 Å². The van der Waals surface area contributed by atoms with Crippen LogP contribution >= 0.6 is 0 Å². The predicted octanol–water partition coefficient (Wildman–Crippen LogP) is 1.49. The molecule has 0 unspecified atom stereocenters. The molecule has 0 aliphatic rings. The Morgan fingerprint density at radius 3 is 2.56 bits per heavy atom. The van der Waals surface area contributed by atoms with Crippen LogP contribution in [0, 0.1) is 0 Å². The van der Waals surface area contributed by atoms with Gasteiger partial charge in [0.15, 0.2) is 5.65 Å². The molecule has 0 aliphatic carbocycles. The highest BCUT2D eigenvalue weighted by Crippen LogP contribution is 2.16. The SMILES string of the molecule is O=C(O)c1nnc2ccc(-c3ccccc3)nn12. The lowest BCUT2D eigenvalue weighted by molar-refractivity contribution is 0.0680. The van der Waals surface area contributed by atoms with Crippen molar-refractivity contribution in [3.63, 3.8) is 0 Å². The highest BCUT2D eigenvalue weighted by molar-refractivity contribution is 5.84. The Labute approximate surface area is 102 Å². The number of hydrogen-bond donors (Lipinski definition) is 1. The first-order chi connectivity index (χ1) is 8.75. The summed E-state index contributed by atoms with van der Waals surface area (Å²) in [6, 6.07) is 13.0. The summed E-state index contributed by atoms with van der Waals surface area (Å²) in [6.45, 7) is 0. The van der Waals surface area contributed by atoms with E-state index in [2.05, 4.69) is 15.3 Å². The van der Waals surface area contributed by atoms with Gasteiger partial charge in [0.05, 0.1) is 5.69 Å². The van der Waals surface area contributed by atoms with Crippen molar-refractivity contribution in [1.29, 1.82) is 0 Å². The lowest BCUT2D eigenvalue weighted by Crippen LogP contribution is -2.06. The van der Waals surface area contributed by atoms with E-state index >= 15 is 0 Å². The number of aromatic carboxylic acids is 1.